The Bertz CT molecular complexity index is 352. The maximum atomic E-state index is 11.9. The zero-order valence-corrected chi connectivity index (χ0v) is 14.6. The minimum Gasteiger partial charge on any atom is -0.314 e. The molecule has 21 heavy (non-hydrogen) atoms. The Hall–Kier alpha value is -0.170. The molecule has 0 unspecified atom stereocenters. The lowest BCUT2D eigenvalue weighted by Crippen LogP contribution is -2.45. The second kappa shape index (κ2) is 10.5. The zero-order chi connectivity index (χ0) is 15.6. The number of nitrogens with zero attached hydrogens (tertiary/aromatic N) is 1. The number of piperazine rings is 1. The van der Waals surface area contributed by atoms with E-state index in [9.17, 15) is 8.42 Å². The van der Waals surface area contributed by atoms with Gasteiger partial charge in [-0.05, 0) is 12.3 Å². The average molecular weight is 320 g/mol. The Morgan fingerprint density at radius 3 is 2.43 bits per heavy atom. The molecule has 1 fully saturated rings. The van der Waals surface area contributed by atoms with Crippen LogP contribution >= 0.6 is 0 Å². The van der Waals surface area contributed by atoms with Gasteiger partial charge in [0.2, 0.25) is 10.0 Å². The van der Waals surface area contributed by atoms with Gasteiger partial charge in [-0.15, -0.1) is 0 Å². The van der Waals surface area contributed by atoms with Crippen LogP contribution < -0.4 is 10.0 Å². The Morgan fingerprint density at radius 1 is 1.10 bits per heavy atom. The first-order chi connectivity index (χ1) is 9.99. The third kappa shape index (κ3) is 10.2. The predicted molar refractivity (Wildman–Crippen MR) is 89.0 cm³/mol. The highest BCUT2D eigenvalue weighted by molar-refractivity contribution is 7.89. The molecule has 0 amide bonds. The summed E-state index contributed by atoms with van der Waals surface area (Å²) in [6.45, 7) is 9.54. The third-order valence-corrected chi connectivity index (χ3v) is 5.28. The largest absolute Gasteiger partial charge is 0.314 e. The lowest BCUT2D eigenvalue weighted by Gasteiger charge is -2.26. The molecule has 0 saturated carbocycles. The van der Waals surface area contributed by atoms with E-state index in [-0.39, 0.29) is 5.75 Å². The smallest absolute Gasteiger partial charge is 0.212 e. The lowest BCUT2D eigenvalue weighted by atomic mass is 10.0. The van der Waals surface area contributed by atoms with Crippen molar-refractivity contribution in [1.29, 1.82) is 0 Å². The van der Waals surface area contributed by atoms with Gasteiger partial charge >= 0.3 is 0 Å². The quantitative estimate of drug-likeness (QED) is 0.565. The second-order valence-electron chi connectivity index (χ2n) is 6.40. The van der Waals surface area contributed by atoms with Crippen molar-refractivity contribution in [2.24, 2.45) is 5.92 Å². The van der Waals surface area contributed by atoms with Crippen LogP contribution in [0.5, 0.6) is 0 Å². The summed E-state index contributed by atoms with van der Waals surface area (Å²) in [4.78, 5) is 2.21. The molecule has 5 nitrogen and oxygen atoms in total. The van der Waals surface area contributed by atoms with Crippen molar-refractivity contribution in [3.05, 3.63) is 0 Å². The van der Waals surface area contributed by atoms with E-state index < -0.39 is 10.0 Å². The molecule has 0 bridgehead atoms. The van der Waals surface area contributed by atoms with Crippen molar-refractivity contribution >= 4 is 10.0 Å². The Morgan fingerprint density at radius 2 is 1.76 bits per heavy atom. The zero-order valence-electron chi connectivity index (χ0n) is 13.7. The monoisotopic (exact) mass is 319 g/mol. The maximum absolute atomic E-state index is 11.9. The van der Waals surface area contributed by atoms with E-state index in [4.69, 9.17) is 0 Å². The van der Waals surface area contributed by atoms with E-state index >= 15 is 0 Å². The van der Waals surface area contributed by atoms with E-state index in [0.717, 1.165) is 44.9 Å². The number of hydrogen-bond donors (Lipinski definition) is 2. The fourth-order valence-corrected chi connectivity index (χ4v) is 3.61. The van der Waals surface area contributed by atoms with Crippen LogP contribution in [0.3, 0.4) is 0 Å². The number of unbranched alkanes of at least 4 members (excludes halogenated alkanes) is 3. The summed E-state index contributed by atoms with van der Waals surface area (Å²) in [5.41, 5.74) is 0. The summed E-state index contributed by atoms with van der Waals surface area (Å²) in [6.07, 6.45) is 5.81. The number of hydrogen-bond acceptors (Lipinski definition) is 4. The molecule has 1 aliphatic heterocycles. The van der Waals surface area contributed by atoms with E-state index in [0.29, 0.717) is 13.1 Å². The van der Waals surface area contributed by atoms with Crippen molar-refractivity contribution in [3.63, 3.8) is 0 Å². The first kappa shape index (κ1) is 18.9. The first-order valence-electron chi connectivity index (χ1n) is 8.40. The molecule has 0 aromatic carbocycles. The van der Waals surface area contributed by atoms with Gasteiger partial charge in [0.15, 0.2) is 0 Å². The van der Waals surface area contributed by atoms with Crippen LogP contribution in [0.25, 0.3) is 0 Å². The molecule has 0 atom stereocenters. The number of sulfonamides is 1. The molecule has 1 aliphatic rings. The van der Waals surface area contributed by atoms with Crippen LogP contribution in [0.2, 0.25) is 0 Å². The molecule has 0 spiro atoms. The van der Waals surface area contributed by atoms with Crippen LogP contribution in [0.1, 0.15) is 46.0 Å². The number of nitrogens with one attached hydrogen (secondary N) is 2. The van der Waals surface area contributed by atoms with Crippen LogP contribution in [0, 0.1) is 5.92 Å². The van der Waals surface area contributed by atoms with Gasteiger partial charge in [-0.3, -0.25) is 4.90 Å². The molecule has 1 rings (SSSR count). The van der Waals surface area contributed by atoms with Crippen molar-refractivity contribution < 1.29 is 8.42 Å². The van der Waals surface area contributed by atoms with E-state index in [1.807, 2.05) is 0 Å². The first-order valence-corrected chi connectivity index (χ1v) is 10.1. The molecule has 0 aliphatic carbocycles. The summed E-state index contributed by atoms with van der Waals surface area (Å²) >= 11 is 0. The lowest BCUT2D eigenvalue weighted by molar-refractivity contribution is 0.253. The summed E-state index contributed by atoms with van der Waals surface area (Å²) in [5, 5.41) is 3.27. The number of rotatable bonds is 11. The molecule has 0 aromatic rings. The van der Waals surface area contributed by atoms with Gasteiger partial charge in [0.1, 0.15) is 0 Å². The average Bonchev–Trinajstić information content (AvgIpc) is 2.45. The van der Waals surface area contributed by atoms with Crippen molar-refractivity contribution in [2.75, 3.05) is 45.0 Å². The van der Waals surface area contributed by atoms with Crippen molar-refractivity contribution in [3.8, 4) is 0 Å². The second-order valence-corrected chi connectivity index (χ2v) is 8.33. The van der Waals surface area contributed by atoms with E-state index in [1.165, 1.54) is 19.3 Å². The van der Waals surface area contributed by atoms with Gasteiger partial charge in [0, 0.05) is 39.3 Å². The van der Waals surface area contributed by atoms with Crippen LogP contribution in [-0.2, 0) is 10.0 Å². The van der Waals surface area contributed by atoms with Gasteiger partial charge < -0.3 is 5.32 Å². The Kier molecular flexibility index (Phi) is 9.47. The molecule has 1 saturated heterocycles. The SMILES string of the molecule is CC(C)CCCCCCNS(=O)(=O)CCN1CCNCC1. The van der Waals surface area contributed by atoms with Crippen LogP contribution in [0.15, 0.2) is 0 Å². The summed E-state index contributed by atoms with van der Waals surface area (Å²) in [7, 11) is -3.10. The summed E-state index contributed by atoms with van der Waals surface area (Å²) in [5.74, 6) is 0.994. The molecule has 126 valence electrons. The van der Waals surface area contributed by atoms with E-state index in [2.05, 4.69) is 28.8 Å². The molecule has 2 N–H and O–H groups in total. The highest BCUT2D eigenvalue weighted by Crippen LogP contribution is 2.09. The summed E-state index contributed by atoms with van der Waals surface area (Å²) < 4.78 is 26.5. The third-order valence-electron chi connectivity index (χ3n) is 3.92. The van der Waals surface area contributed by atoms with Gasteiger partial charge in [0.05, 0.1) is 5.75 Å². The highest BCUT2D eigenvalue weighted by Gasteiger charge is 2.14. The molecule has 0 radical (unpaired) electrons. The van der Waals surface area contributed by atoms with Crippen LogP contribution in [0.4, 0.5) is 0 Å². The Labute approximate surface area is 130 Å². The van der Waals surface area contributed by atoms with Gasteiger partial charge in [-0.1, -0.05) is 39.5 Å². The summed E-state index contributed by atoms with van der Waals surface area (Å²) in [6, 6.07) is 0. The predicted octanol–water partition coefficient (Wildman–Crippen LogP) is 1.42. The van der Waals surface area contributed by atoms with Gasteiger partial charge in [-0.2, -0.15) is 0 Å². The molecule has 6 heteroatoms. The standard InChI is InChI=1S/C15H33N3O2S/c1-15(2)7-5-3-4-6-8-17-21(19,20)14-13-18-11-9-16-10-12-18/h15-17H,3-14H2,1-2H3. The minimum absolute atomic E-state index is 0.223. The molecular weight excluding hydrogens is 286 g/mol. The van der Waals surface area contributed by atoms with E-state index in [1.54, 1.807) is 0 Å². The molecule has 0 aromatic heterocycles. The van der Waals surface area contributed by atoms with Crippen LogP contribution in [-0.4, -0.2) is 58.3 Å². The van der Waals surface area contributed by atoms with Crippen molar-refractivity contribution in [2.45, 2.75) is 46.0 Å². The molecule has 1 heterocycles. The Balaban J connectivity index is 2.01. The fraction of sp³-hybridized carbons (Fsp3) is 1.00. The fourth-order valence-electron chi connectivity index (χ4n) is 2.52. The molecular formula is C15H33N3O2S. The highest BCUT2D eigenvalue weighted by atomic mass is 32.2. The topological polar surface area (TPSA) is 61.4 Å². The van der Waals surface area contributed by atoms with Gasteiger partial charge in [0.25, 0.3) is 0 Å². The normalized spacial score (nSPS) is 17.5. The minimum atomic E-state index is -3.10. The maximum Gasteiger partial charge on any atom is 0.212 e. The van der Waals surface area contributed by atoms with Gasteiger partial charge in [-0.25, -0.2) is 13.1 Å². The van der Waals surface area contributed by atoms with Crippen molar-refractivity contribution in [1.82, 2.24) is 14.9 Å².